The molecule has 0 aliphatic heterocycles. The second kappa shape index (κ2) is 10.3. The molecule has 0 saturated carbocycles. The molecule has 5 heteroatoms. The van der Waals surface area contributed by atoms with Crippen molar-refractivity contribution in [3.63, 3.8) is 0 Å². The standard InChI is InChI=1S/C19H22N2O3/c22-12-11-21(16-18-7-4-10-20-15-18)19(23)9-14-24-13-8-17-5-2-1-3-6-17/h1-7,10,12,15H,8-9,11,13-14,16H2. The van der Waals surface area contributed by atoms with Crippen molar-refractivity contribution in [2.24, 2.45) is 0 Å². The minimum absolute atomic E-state index is 0.0811. The van der Waals surface area contributed by atoms with Gasteiger partial charge in [0.25, 0.3) is 0 Å². The Morgan fingerprint density at radius 3 is 2.58 bits per heavy atom. The lowest BCUT2D eigenvalue weighted by atomic mass is 10.2. The zero-order valence-corrected chi connectivity index (χ0v) is 13.6. The molecule has 0 N–H and O–H groups in total. The molecule has 1 aromatic carbocycles. The topological polar surface area (TPSA) is 59.5 Å². The van der Waals surface area contributed by atoms with Crippen molar-refractivity contribution in [1.29, 1.82) is 0 Å². The van der Waals surface area contributed by atoms with Crippen LogP contribution in [0.15, 0.2) is 54.9 Å². The molecule has 2 aromatic rings. The number of amides is 1. The third-order valence-electron chi connectivity index (χ3n) is 3.58. The second-order valence-electron chi connectivity index (χ2n) is 5.40. The fraction of sp³-hybridized carbons (Fsp3) is 0.316. The maximum absolute atomic E-state index is 12.2. The van der Waals surface area contributed by atoms with Crippen molar-refractivity contribution in [2.45, 2.75) is 19.4 Å². The quantitative estimate of drug-likeness (QED) is 0.496. The minimum atomic E-state index is -0.0920. The van der Waals surface area contributed by atoms with Gasteiger partial charge in [0, 0.05) is 18.9 Å². The molecule has 1 aromatic heterocycles. The van der Waals surface area contributed by atoms with E-state index in [-0.39, 0.29) is 18.9 Å². The fourth-order valence-electron chi connectivity index (χ4n) is 2.31. The Morgan fingerprint density at radius 1 is 1.08 bits per heavy atom. The molecule has 1 heterocycles. The van der Waals surface area contributed by atoms with Gasteiger partial charge in [-0.05, 0) is 23.6 Å². The highest BCUT2D eigenvalue weighted by atomic mass is 16.5. The van der Waals surface area contributed by atoms with Crippen LogP contribution >= 0.6 is 0 Å². The highest BCUT2D eigenvalue weighted by molar-refractivity contribution is 5.78. The third kappa shape index (κ3) is 6.30. The van der Waals surface area contributed by atoms with Crippen molar-refractivity contribution in [3.8, 4) is 0 Å². The number of benzene rings is 1. The number of hydrogen-bond donors (Lipinski definition) is 0. The Labute approximate surface area is 142 Å². The van der Waals surface area contributed by atoms with E-state index in [4.69, 9.17) is 4.74 Å². The van der Waals surface area contributed by atoms with E-state index in [1.807, 2.05) is 42.5 Å². The van der Waals surface area contributed by atoms with E-state index in [1.54, 1.807) is 12.4 Å². The maximum atomic E-state index is 12.2. The number of aldehydes is 1. The first-order valence-corrected chi connectivity index (χ1v) is 8.01. The average molecular weight is 326 g/mol. The zero-order valence-electron chi connectivity index (χ0n) is 13.6. The maximum Gasteiger partial charge on any atom is 0.225 e. The minimum Gasteiger partial charge on any atom is -0.381 e. The zero-order chi connectivity index (χ0) is 17.0. The van der Waals surface area contributed by atoms with E-state index in [0.717, 1.165) is 18.3 Å². The molecule has 0 bridgehead atoms. The molecule has 0 fully saturated rings. The summed E-state index contributed by atoms with van der Waals surface area (Å²) in [5.74, 6) is -0.0920. The van der Waals surface area contributed by atoms with E-state index in [2.05, 4.69) is 4.98 Å². The van der Waals surface area contributed by atoms with Crippen LogP contribution in [-0.2, 0) is 27.3 Å². The lowest BCUT2D eigenvalue weighted by Gasteiger charge is -2.20. The fourth-order valence-corrected chi connectivity index (χ4v) is 2.31. The van der Waals surface area contributed by atoms with Crippen molar-refractivity contribution >= 4 is 12.2 Å². The Bertz CT molecular complexity index is 617. The third-order valence-corrected chi connectivity index (χ3v) is 3.58. The van der Waals surface area contributed by atoms with E-state index >= 15 is 0 Å². The highest BCUT2D eigenvalue weighted by Gasteiger charge is 2.13. The smallest absolute Gasteiger partial charge is 0.225 e. The molecule has 1 amide bonds. The number of carbonyl (C=O) groups is 2. The largest absolute Gasteiger partial charge is 0.381 e. The number of nitrogens with zero attached hydrogens (tertiary/aromatic N) is 2. The van der Waals surface area contributed by atoms with Gasteiger partial charge in [-0.3, -0.25) is 9.78 Å². The predicted octanol–water partition coefficient (Wildman–Crippen LogP) is 2.26. The van der Waals surface area contributed by atoms with E-state index in [0.29, 0.717) is 19.8 Å². The van der Waals surface area contributed by atoms with Crippen LogP contribution in [0.3, 0.4) is 0 Å². The molecule has 0 unspecified atom stereocenters. The summed E-state index contributed by atoms with van der Waals surface area (Å²) in [6.07, 6.45) is 5.20. The van der Waals surface area contributed by atoms with Gasteiger partial charge in [0.15, 0.2) is 0 Å². The van der Waals surface area contributed by atoms with Gasteiger partial charge in [-0.15, -0.1) is 0 Å². The van der Waals surface area contributed by atoms with Gasteiger partial charge in [0.1, 0.15) is 6.29 Å². The lowest BCUT2D eigenvalue weighted by Crippen LogP contribution is -2.32. The average Bonchev–Trinajstić information content (AvgIpc) is 2.62. The summed E-state index contributed by atoms with van der Waals surface area (Å²) in [5.41, 5.74) is 2.11. The van der Waals surface area contributed by atoms with Crippen LogP contribution in [0.5, 0.6) is 0 Å². The molecule has 0 spiro atoms. The van der Waals surface area contributed by atoms with E-state index in [9.17, 15) is 9.59 Å². The molecular weight excluding hydrogens is 304 g/mol. The van der Waals surface area contributed by atoms with Crippen molar-refractivity contribution < 1.29 is 14.3 Å². The Hall–Kier alpha value is -2.53. The van der Waals surface area contributed by atoms with Crippen LogP contribution in [0, 0.1) is 0 Å². The van der Waals surface area contributed by atoms with Gasteiger partial charge in [0.05, 0.1) is 26.2 Å². The van der Waals surface area contributed by atoms with Crippen molar-refractivity contribution in [1.82, 2.24) is 9.88 Å². The Balaban J connectivity index is 1.71. The lowest BCUT2D eigenvalue weighted by molar-refractivity contribution is -0.134. The second-order valence-corrected chi connectivity index (χ2v) is 5.40. The molecule has 0 aliphatic rings. The summed E-state index contributed by atoms with van der Waals surface area (Å²) < 4.78 is 5.54. The number of aromatic nitrogens is 1. The molecular formula is C19H22N2O3. The van der Waals surface area contributed by atoms with Crippen LogP contribution in [0.1, 0.15) is 17.5 Å². The summed E-state index contributed by atoms with van der Waals surface area (Å²) in [4.78, 5) is 28.6. The monoisotopic (exact) mass is 326 g/mol. The summed E-state index contributed by atoms with van der Waals surface area (Å²) in [7, 11) is 0. The Morgan fingerprint density at radius 2 is 1.88 bits per heavy atom. The van der Waals surface area contributed by atoms with Crippen molar-refractivity contribution in [2.75, 3.05) is 19.8 Å². The Kier molecular flexibility index (Phi) is 7.63. The highest BCUT2D eigenvalue weighted by Crippen LogP contribution is 2.05. The van der Waals surface area contributed by atoms with Crippen LogP contribution in [-0.4, -0.2) is 41.8 Å². The summed E-state index contributed by atoms with van der Waals surface area (Å²) >= 11 is 0. The summed E-state index contributed by atoms with van der Waals surface area (Å²) in [5, 5.41) is 0. The number of carbonyl (C=O) groups excluding carboxylic acids is 2. The molecule has 126 valence electrons. The number of rotatable bonds is 10. The summed E-state index contributed by atoms with van der Waals surface area (Å²) in [6, 6.07) is 13.8. The first-order chi connectivity index (χ1) is 11.8. The van der Waals surface area contributed by atoms with E-state index in [1.165, 1.54) is 10.5 Å². The van der Waals surface area contributed by atoms with Crippen LogP contribution in [0.2, 0.25) is 0 Å². The van der Waals surface area contributed by atoms with E-state index < -0.39 is 0 Å². The van der Waals surface area contributed by atoms with Crippen molar-refractivity contribution in [3.05, 3.63) is 66.0 Å². The van der Waals surface area contributed by atoms with Gasteiger partial charge in [0.2, 0.25) is 5.91 Å². The molecule has 24 heavy (non-hydrogen) atoms. The van der Waals surface area contributed by atoms with Crippen LogP contribution in [0.4, 0.5) is 0 Å². The predicted molar refractivity (Wildman–Crippen MR) is 91.3 cm³/mol. The molecule has 0 aliphatic carbocycles. The van der Waals surface area contributed by atoms with Gasteiger partial charge in [-0.25, -0.2) is 0 Å². The van der Waals surface area contributed by atoms with Gasteiger partial charge < -0.3 is 14.4 Å². The first-order valence-electron chi connectivity index (χ1n) is 8.01. The van der Waals surface area contributed by atoms with Crippen LogP contribution < -0.4 is 0 Å². The number of ether oxygens (including phenoxy) is 1. The van der Waals surface area contributed by atoms with Gasteiger partial charge in [-0.1, -0.05) is 36.4 Å². The number of hydrogen-bond acceptors (Lipinski definition) is 4. The van der Waals surface area contributed by atoms with Crippen LogP contribution in [0.25, 0.3) is 0 Å². The van der Waals surface area contributed by atoms with Gasteiger partial charge in [-0.2, -0.15) is 0 Å². The molecule has 2 rings (SSSR count). The van der Waals surface area contributed by atoms with Gasteiger partial charge >= 0.3 is 0 Å². The molecule has 0 saturated heterocycles. The number of pyridine rings is 1. The molecule has 5 nitrogen and oxygen atoms in total. The molecule has 0 atom stereocenters. The summed E-state index contributed by atoms with van der Waals surface area (Å²) in [6.45, 7) is 1.40. The normalized spacial score (nSPS) is 10.3. The first kappa shape index (κ1) is 17.8. The SMILES string of the molecule is O=CCN(Cc1cccnc1)C(=O)CCOCCc1ccccc1. The molecule has 0 radical (unpaired) electrons.